The average molecular weight is 325 g/mol. The van der Waals surface area contributed by atoms with Gasteiger partial charge in [0.05, 0.1) is 0 Å². The van der Waals surface area contributed by atoms with E-state index < -0.39 is 0 Å². The van der Waals surface area contributed by atoms with Crippen molar-refractivity contribution in [1.82, 2.24) is 0 Å². The monoisotopic (exact) mass is 325 g/mol. The fraction of sp³-hybridized carbons (Fsp3) is 0.278. The van der Waals surface area contributed by atoms with Gasteiger partial charge in [0, 0.05) is 35.4 Å². The van der Waals surface area contributed by atoms with Gasteiger partial charge < -0.3 is 14.8 Å². The van der Waals surface area contributed by atoms with Crippen molar-refractivity contribution in [3.63, 3.8) is 0 Å². The van der Waals surface area contributed by atoms with Crippen LogP contribution in [0, 0.1) is 0 Å². The summed E-state index contributed by atoms with van der Waals surface area (Å²) >= 11 is 1.66. The molecule has 1 aromatic heterocycles. The number of Topliss-reactive ketones (excluding diaryl/α,β-unsaturated/α-hetero) is 1. The maximum absolute atomic E-state index is 12.6. The molecule has 0 bridgehead atoms. The number of ether oxygens (including phenoxy) is 2. The fourth-order valence-electron chi connectivity index (χ4n) is 3.74. The SMILES string of the molecule is O=C1CCCC2=C1[C@H](c1ccsc1)c1cc3c(cc1N2)OCO3. The van der Waals surface area contributed by atoms with E-state index in [1.54, 1.807) is 11.3 Å². The predicted molar refractivity (Wildman–Crippen MR) is 88.2 cm³/mol. The highest BCUT2D eigenvalue weighted by Crippen LogP contribution is 2.49. The third-order valence-electron chi connectivity index (χ3n) is 4.76. The fourth-order valence-corrected chi connectivity index (χ4v) is 4.42. The minimum Gasteiger partial charge on any atom is -0.454 e. The number of carbonyl (C=O) groups is 1. The molecule has 3 aliphatic rings. The van der Waals surface area contributed by atoms with E-state index in [2.05, 4.69) is 22.1 Å². The molecule has 1 aliphatic carbocycles. The molecule has 1 atom stereocenters. The molecular weight excluding hydrogens is 310 g/mol. The Kier molecular flexibility index (Phi) is 2.79. The number of nitrogens with one attached hydrogen (secondary N) is 1. The predicted octanol–water partition coefficient (Wildman–Crippen LogP) is 4.04. The molecule has 5 rings (SSSR count). The van der Waals surface area contributed by atoms with Gasteiger partial charge in [0.15, 0.2) is 17.3 Å². The molecular formula is C18H15NO3S. The van der Waals surface area contributed by atoms with Gasteiger partial charge in [0.1, 0.15) is 0 Å². The number of ketones is 1. The Hall–Kier alpha value is -2.27. The van der Waals surface area contributed by atoms with Crippen LogP contribution in [0.15, 0.2) is 40.2 Å². The van der Waals surface area contributed by atoms with Crippen molar-refractivity contribution < 1.29 is 14.3 Å². The molecule has 5 heteroatoms. The Balaban J connectivity index is 1.74. The van der Waals surface area contributed by atoms with Crippen molar-refractivity contribution in [3.05, 3.63) is 51.4 Å². The first kappa shape index (κ1) is 13.2. The molecule has 1 aromatic carbocycles. The summed E-state index contributed by atoms with van der Waals surface area (Å²) in [6, 6.07) is 6.14. The van der Waals surface area contributed by atoms with Gasteiger partial charge in [-0.15, -0.1) is 0 Å². The topological polar surface area (TPSA) is 47.6 Å². The highest BCUT2D eigenvalue weighted by molar-refractivity contribution is 7.08. The first-order valence-electron chi connectivity index (χ1n) is 7.80. The third-order valence-corrected chi connectivity index (χ3v) is 5.46. The highest BCUT2D eigenvalue weighted by atomic mass is 32.1. The molecule has 0 spiro atoms. The van der Waals surface area contributed by atoms with Crippen LogP contribution in [0.4, 0.5) is 5.69 Å². The van der Waals surface area contributed by atoms with E-state index >= 15 is 0 Å². The van der Waals surface area contributed by atoms with Gasteiger partial charge in [-0.1, -0.05) is 0 Å². The number of carbonyl (C=O) groups excluding carboxylic acids is 1. The van der Waals surface area contributed by atoms with E-state index in [1.165, 1.54) is 5.56 Å². The quantitative estimate of drug-likeness (QED) is 0.859. The highest BCUT2D eigenvalue weighted by Gasteiger charge is 2.36. The van der Waals surface area contributed by atoms with Crippen molar-refractivity contribution in [1.29, 1.82) is 0 Å². The zero-order chi connectivity index (χ0) is 15.4. The molecule has 0 unspecified atom stereocenters. The lowest BCUT2D eigenvalue weighted by Gasteiger charge is -2.33. The second-order valence-corrected chi connectivity index (χ2v) is 6.86. The number of thiophene rings is 1. The van der Waals surface area contributed by atoms with Crippen LogP contribution in [0.3, 0.4) is 0 Å². The molecule has 0 saturated heterocycles. The second-order valence-electron chi connectivity index (χ2n) is 6.08. The van der Waals surface area contributed by atoms with Gasteiger partial charge in [0.25, 0.3) is 0 Å². The number of fused-ring (bicyclic) bond motifs is 2. The van der Waals surface area contributed by atoms with Crippen molar-refractivity contribution in [2.24, 2.45) is 0 Å². The van der Waals surface area contributed by atoms with Crippen molar-refractivity contribution in [2.75, 3.05) is 12.1 Å². The molecule has 1 N–H and O–H groups in total. The standard InChI is InChI=1S/C18H15NO3S/c20-14-3-1-2-12-18(14)17(10-4-5-23-8-10)11-6-15-16(22-9-21-15)7-13(11)19-12/h4-8,17,19H,1-3,9H2/t17-/m1/s1. The van der Waals surface area contributed by atoms with Crippen LogP contribution in [0.1, 0.15) is 36.3 Å². The molecule has 0 radical (unpaired) electrons. The van der Waals surface area contributed by atoms with Gasteiger partial charge in [-0.05, 0) is 46.9 Å². The first-order chi connectivity index (χ1) is 11.3. The number of anilines is 1. The van der Waals surface area contributed by atoms with E-state index in [0.717, 1.165) is 46.9 Å². The maximum atomic E-state index is 12.6. The van der Waals surface area contributed by atoms with Gasteiger partial charge in [0.2, 0.25) is 6.79 Å². The molecule has 4 nitrogen and oxygen atoms in total. The summed E-state index contributed by atoms with van der Waals surface area (Å²) in [6.07, 6.45) is 2.48. The Morgan fingerprint density at radius 3 is 2.87 bits per heavy atom. The molecule has 116 valence electrons. The second kappa shape index (κ2) is 4.86. The zero-order valence-electron chi connectivity index (χ0n) is 12.4. The van der Waals surface area contributed by atoms with Gasteiger partial charge in [-0.2, -0.15) is 11.3 Å². The summed E-state index contributed by atoms with van der Waals surface area (Å²) in [6.45, 7) is 0.257. The van der Waals surface area contributed by atoms with Gasteiger partial charge in [-0.3, -0.25) is 4.79 Å². The first-order valence-corrected chi connectivity index (χ1v) is 8.74. The Morgan fingerprint density at radius 2 is 2.04 bits per heavy atom. The van der Waals surface area contributed by atoms with Crippen LogP contribution < -0.4 is 14.8 Å². The van der Waals surface area contributed by atoms with Crippen LogP contribution >= 0.6 is 11.3 Å². The molecule has 0 amide bonds. The normalized spacial score (nSPS) is 21.7. The minimum atomic E-state index is -0.00481. The van der Waals surface area contributed by atoms with Crippen molar-refractivity contribution in [3.8, 4) is 11.5 Å². The number of rotatable bonds is 1. The molecule has 23 heavy (non-hydrogen) atoms. The lowest BCUT2D eigenvalue weighted by Crippen LogP contribution is -2.26. The number of benzene rings is 1. The summed E-state index contributed by atoms with van der Waals surface area (Å²) in [5, 5.41) is 7.68. The Bertz CT molecular complexity index is 838. The molecule has 3 heterocycles. The summed E-state index contributed by atoms with van der Waals surface area (Å²) in [5.74, 6) is 1.79. The third kappa shape index (κ3) is 1.93. The Morgan fingerprint density at radius 1 is 1.17 bits per heavy atom. The van der Waals surface area contributed by atoms with Crippen LogP contribution in [-0.4, -0.2) is 12.6 Å². The number of hydrogen-bond donors (Lipinski definition) is 1. The van der Waals surface area contributed by atoms with Crippen LogP contribution in [0.25, 0.3) is 0 Å². The van der Waals surface area contributed by atoms with Gasteiger partial charge >= 0.3 is 0 Å². The zero-order valence-corrected chi connectivity index (χ0v) is 13.2. The van der Waals surface area contributed by atoms with E-state index in [-0.39, 0.29) is 18.5 Å². The van der Waals surface area contributed by atoms with Gasteiger partial charge in [-0.25, -0.2) is 0 Å². The van der Waals surface area contributed by atoms with Crippen molar-refractivity contribution >= 4 is 22.8 Å². The molecule has 2 aliphatic heterocycles. The van der Waals surface area contributed by atoms with Crippen LogP contribution in [0.5, 0.6) is 11.5 Å². The number of hydrogen-bond acceptors (Lipinski definition) is 5. The van der Waals surface area contributed by atoms with Crippen molar-refractivity contribution in [2.45, 2.75) is 25.2 Å². The summed E-state index contributed by atoms with van der Waals surface area (Å²) in [7, 11) is 0. The lowest BCUT2D eigenvalue weighted by atomic mass is 9.76. The van der Waals surface area contributed by atoms with E-state index in [1.807, 2.05) is 12.1 Å². The maximum Gasteiger partial charge on any atom is 0.231 e. The smallest absolute Gasteiger partial charge is 0.231 e. The lowest BCUT2D eigenvalue weighted by molar-refractivity contribution is -0.116. The molecule has 0 fully saturated rings. The molecule has 0 saturated carbocycles. The largest absolute Gasteiger partial charge is 0.454 e. The number of allylic oxidation sites excluding steroid dienone is 2. The minimum absolute atomic E-state index is 0.00481. The summed E-state index contributed by atoms with van der Waals surface area (Å²) in [4.78, 5) is 12.6. The van der Waals surface area contributed by atoms with Crippen LogP contribution in [-0.2, 0) is 4.79 Å². The average Bonchev–Trinajstić information content (AvgIpc) is 3.22. The van der Waals surface area contributed by atoms with Crippen LogP contribution in [0.2, 0.25) is 0 Å². The van der Waals surface area contributed by atoms with E-state index in [9.17, 15) is 4.79 Å². The van der Waals surface area contributed by atoms with E-state index in [4.69, 9.17) is 9.47 Å². The molecule has 2 aromatic rings. The summed E-state index contributed by atoms with van der Waals surface area (Å²) in [5.41, 5.74) is 5.31. The summed E-state index contributed by atoms with van der Waals surface area (Å²) < 4.78 is 11.0. The Labute approximate surface area is 137 Å². The van der Waals surface area contributed by atoms with E-state index in [0.29, 0.717) is 6.42 Å².